The first-order chi connectivity index (χ1) is 34.4. The number of Topliss-reactive ketones (excluding diaryl/α,β-unsaturated/α-hetero) is 1. The molecule has 27 atom stereocenters. The summed E-state index contributed by atoms with van der Waals surface area (Å²) in [7, 11) is 0. The second kappa shape index (κ2) is 21.6. The molecule has 0 aromatic heterocycles. The lowest BCUT2D eigenvalue weighted by Crippen LogP contribution is -2.67. The van der Waals surface area contributed by atoms with Crippen LogP contribution in [0.5, 0.6) is 0 Å². The first-order valence-corrected chi connectivity index (χ1v) is 26.6. The Kier molecular flexibility index (Phi) is 17.1. The normalized spacial score (nSPS) is 51.7. The average molecular weight is 1060 g/mol. The molecule has 27 unspecified atom stereocenters. The number of hydrogen-bond donors (Lipinski definition) is 13. The molecule has 74 heavy (non-hydrogen) atoms. The maximum atomic E-state index is 14.9. The van der Waals surface area contributed by atoms with E-state index in [-0.39, 0.29) is 55.7 Å². The summed E-state index contributed by atoms with van der Waals surface area (Å²) in [5.74, 6) is -1.45. The Balaban J connectivity index is 1.05. The third kappa shape index (κ3) is 10.5. The van der Waals surface area contributed by atoms with Gasteiger partial charge in [-0.05, 0) is 107 Å². The molecule has 4 aliphatic heterocycles. The molecule has 0 bridgehead atoms. The van der Waals surface area contributed by atoms with Crippen molar-refractivity contribution >= 4 is 5.78 Å². The van der Waals surface area contributed by atoms with Crippen molar-refractivity contribution in [3.63, 3.8) is 0 Å². The summed E-state index contributed by atoms with van der Waals surface area (Å²) in [6.07, 6.45) is -20.1. The van der Waals surface area contributed by atoms with Gasteiger partial charge in [0.25, 0.3) is 0 Å². The van der Waals surface area contributed by atoms with E-state index >= 15 is 0 Å². The summed E-state index contributed by atoms with van der Waals surface area (Å²) in [6.45, 7) is 13.9. The fourth-order valence-electron chi connectivity index (χ4n) is 15.4. The van der Waals surface area contributed by atoms with Crippen LogP contribution < -0.4 is 0 Å². The predicted octanol–water partition coefficient (Wildman–Crippen LogP) is -1.75. The Morgan fingerprint density at radius 2 is 1.27 bits per heavy atom. The van der Waals surface area contributed by atoms with Crippen LogP contribution in [0.1, 0.15) is 107 Å². The third-order valence-electron chi connectivity index (χ3n) is 19.4. The van der Waals surface area contributed by atoms with Crippen molar-refractivity contribution in [3.05, 3.63) is 12.2 Å². The Hall–Kier alpha value is -1.43. The third-order valence-corrected chi connectivity index (χ3v) is 19.4. The van der Waals surface area contributed by atoms with E-state index in [0.29, 0.717) is 38.5 Å². The highest BCUT2D eigenvalue weighted by Crippen LogP contribution is 2.76. The van der Waals surface area contributed by atoms with Gasteiger partial charge in [-0.1, -0.05) is 39.8 Å². The molecular formula is C52H86O22. The van der Waals surface area contributed by atoms with E-state index < -0.39 is 163 Å². The topological polar surface area (TPSA) is 354 Å². The van der Waals surface area contributed by atoms with Crippen molar-refractivity contribution in [2.24, 2.45) is 45.3 Å². The number of ether oxygens (including phenoxy) is 8. The van der Waals surface area contributed by atoms with Crippen molar-refractivity contribution in [3.8, 4) is 0 Å². The Morgan fingerprint density at radius 1 is 0.649 bits per heavy atom. The van der Waals surface area contributed by atoms with Crippen LogP contribution in [-0.2, 0) is 42.7 Å². The maximum Gasteiger partial charge on any atom is 0.187 e. The van der Waals surface area contributed by atoms with Gasteiger partial charge in [0.15, 0.2) is 25.2 Å². The van der Waals surface area contributed by atoms with Crippen LogP contribution in [0.2, 0.25) is 0 Å². The van der Waals surface area contributed by atoms with Gasteiger partial charge in [0.2, 0.25) is 0 Å². The van der Waals surface area contributed by atoms with Crippen LogP contribution >= 0.6 is 0 Å². The number of ketones is 1. The number of aliphatic hydroxyl groups is 13. The molecule has 13 N–H and O–H groups in total. The van der Waals surface area contributed by atoms with Gasteiger partial charge >= 0.3 is 0 Å². The van der Waals surface area contributed by atoms with Crippen LogP contribution in [0.25, 0.3) is 0 Å². The van der Waals surface area contributed by atoms with E-state index in [1.807, 2.05) is 0 Å². The summed E-state index contributed by atoms with van der Waals surface area (Å²) in [6, 6.07) is 0. The molecule has 0 aromatic carbocycles. The zero-order valence-electron chi connectivity index (χ0n) is 43.9. The zero-order chi connectivity index (χ0) is 54.4. The standard InChI is InChI=1S/C52H86O22/c1-23-33(56)37(60)41(64)45(71-23)74-42-35(58)27(55)20-68-46(42)73-31-13-16-49(6)29(48(31,4)5)12-17-50(7)30(49)11-10-24-32(51(8,66)15-9-14-47(2,3)65)25(53)18-52(24,50)22-70-44-40(63)38(61)36(59)28(72-44)21-69-43-39(62)34(57)26(54)19-67-43/h9,14,23-24,26-46,54-66H,10-13,15-22H2,1-8H3. The second-order valence-electron chi connectivity index (χ2n) is 25.1. The van der Waals surface area contributed by atoms with Crippen LogP contribution in [-0.4, -0.2) is 227 Å². The molecule has 4 saturated heterocycles. The van der Waals surface area contributed by atoms with Crippen molar-refractivity contribution in [1.29, 1.82) is 0 Å². The zero-order valence-corrected chi connectivity index (χ0v) is 43.9. The Morgan fingerprint density at radius 3 is 1.95 bits per heavy atom. The molecule has 426 valence electrons. The fourth-order valence-corrected chi connectivity index (χ4v) is 15.4. The Bertz CT molecular complexity index is 1970. The molecule has 0 amide bonds. The van der Waals surface area contributed by atoms with E-state index in [1.165, 1.54) is 6.92 Å². The minimum Gasteiger partial charge on any atom is -0.389 e. The van der Waals surface area contributed by atoms with Gasteiger partial charge < -0.3 is 104 Å². The van der Waals surface area contributed by atoms with E-state index in [2.05, 4.69) is 27.7 Å². The van der Waals surface area contributed by atoms with Gasteiger partial charge in [0, 0.05) is 17.8 Å². The van der Waals surface area contributed by atoms with Gasteiger partial charge in [-0.15, -0.1) is 0 Å². The molecule has 22 nitrogen and oxygen atoms in total. The van der Waals surface area contributed by atoms with Crippen LogP contribution in [0.4, 0.5) is 0 Å². The predicted molar refractivity (Wildman–Crippen MR) is 255 cm³/mol. The molecule has 0 radical (unpaired) electrons. The molecule has 4 heterocycles. The molecular weight excluding hydrogens is 977 g/mol. The van der Waals surface area contributed by atoms with Crippen molar-refractivity contribution < 1.29 is 109 Å². The van der Waals surface area contributed by atoms with Crippen LogP contribution in [0.3, 0.4) is 0 Å². The first kappa shape index (κ1) is 58.7. The molecule has 0 spiro atoms. The molecule has 0 aromatic rings. The van der Waals surface area contributed by atoms with Gasteiger partial charge in [-0.25, -0.2) is 0 Å². The summed E-state index contributed by atoms with van der Waals surface area (Å²) in [4.78, 5) is 14.9. The van der Waals surface area contributed by atoms with Gasteiger partial charge in [0.1, 0.15) is 85.1 Å². The number of rotatable bonds is 14. The first-order valence-electron chi connectivity index (χ1n) is 26.6. The SMILES string of the molecule is CC1OC(OC2C(OC3CCC4(C)C(CCC5(C)C4CCC4C(C(C)(O)CC=CC(C)(C)O)C(=O)CC45COC4OC(COC5OCC(O)C(O)C5O)C(O)C(O)C4O)C3(C)C)OCC(O)C2O)C(O)C(O)C1O. The average Bonchev–Trinajstić information content (AvgIpc) is 3.64. The molecule has 8 rings (SSSR count). The number of fused-ring (bicyclic) bond motifs is 5. The van der Waals surface area contributed by atoms with Crippen molar-refractivity contribution in [2.75, 3.05) is 26.4 Å². The summed E-state index contributed by atoms with van der Waals surface area (Å²) < 4.78 is 48.3. The molecule has 8 fully saturated rings. The number of carbonyl (C=O) groups is 1. The minimum atomic E-state index is -1.78. The van der Waals surface area contributed by atoms with E-state index in [1.54, 1.807) is 32.9 Å². The summed E-state index contributed by atoms with van der Waals surface area (Å²) in [5, 5.41) is 141. The molecule has 8 aliphatic rings. The highest BCUT2D eigenvalue weighted by atomic mass is 16.8. The smallest absolute Gasteiger partial charge is 0.187 e. The summed E-state index contributed by atoms with van der Waals surface area (Å²) in [5.41, 5.74) is -5.25. The lowest BCUT2D eigenvalue weighted by atomic mass is 9.35. The molecule has 22 heteroatoms. The van der Waals surface area contributed by atoms with E-state index in [0.717, 1.165) is 0 Å². The highest BCUT2D eigenvalue weighted by Gasteiger charge is 2.73. The monoisotopic (exact) mass is 1060 g/mol. The van der Waals surface area contributed by atoms with Crippen molar-refractivity contribution in [2.45, 2.75) is 235 Å². The lowest BCUT2D eigenvalue weighted by Gasteiger charge is -2.70. The van der Waals surface area contributed by atoms with Gasteiger partial charge in [0.05, 0.1) is 49.8 Å². The second-order valence-corrected chi connectivity index (χ2v) is 25.1. The minimum absolute atomic E-state index is 0.0146. The van der Waals surface area contributed by atoms with Gasteiger partial charge in [-0.3, -0.25) is 4.79 Å². The molecule has 4 saturated carbocycles. The van der Waals surface area contributed by atoms with Crippen molar-refractivity contribution in [1.82, 2.24) is 0 Å². The Labute approximate surface area is 432 Å². The highest BCUT2D eigenvalue weighted by molar-refractivity contribution is 5.86. The van der Waals surface area contributed by atoms with Gasteiger partial charge in [-0.2, -0.15) is 0 Å². The number of carbonyl (C=O) groups excluding carboxylic acids is 1. The van der Waals surface area contributed by atoms with E-state index in [4.69, 9.17) is 37.9 Å². The lowest BCUT2D eigenvalue weighted by molar-refractivity contribution is -0.365. The van der Waals surface area contributed by atoms with E-state index in [9.17, 15) is 71.2 Å². The summed E-state index contributed by atoms with van der Waals surface area (Å²) >= 11 is 0. The quantitative estimate of drug-likeness (QED) is 0.0678. The van der Waals surface area contributed by atoms with Crippen LogP contribution in [0, 0.1) is 45.3 Å². The largest absolute Gasteiger partial charge is 0.389 e. The number of aliphatic hydroxyl groups excluding tert-OH is 11. The molecule has 4 aliphatic carbocycles. The fraction of sp³-hybridized carbons (Fsp3) is 0.942. The van der Waals surface area contributed by atoms with Crippen LogP contribution in [0.15, 0.2) is 12.2 Å². The number of hydrogen-bond acceptors (Lipinski definition) is 22. The maximum absolute atomic E-state index is 14.9.